The zero-order valence-electron chi connectivity index (χ0n) is 18.5. The van der Waals surface area contributed by atoms with Crippen LogP contribution in [0.5, 0.6) is 0 Å². The standard InChI is InChI=1S/C25H28O7/c1-21(2)17(22(3)7-5-18(27)30-22)11-24(32-21)10-15-16(26)4-8-23-13-25(15,23)20(31-24)29-19(23)14-6-9-28-12-14/h5-7,9-10,12,16-17,19-20,26H,4,8,11,13H2,1-3H3. The number of aliphatic hydroxyl groups is 1. The summed E-state index contributed by atoms with van der Waals surface area (Å²) < 4.78 is 30.9. The van der Waals surface area contributed by atoms with E-state index >= 15 is 0 Å². The topological polar surface area (TPSA) is 87.4 Å². The SMILES string of the molecule is CC1(C)OC2(C=C3C(O)CCC45CC34C(OC5c3ccoc3)O2)CC1C1(C)C=CC(=O)O1. The van der Waals surface area contributed by atoms with E-state index in [2.05, 4.69) is 0 Å². The van der Waals surface area contributed by atoms with Gasteiger partial charge in [0.1, 0.15) is 5.60 Å². The molecule has 1 aromatic rings. The molecule has 8 unspecified atom stereocenters. The molecular weight excluding hydrogens is 412 g/mol. The van der Waals surface area contributed by atoms with Gasteiger partial charge in [0.15, 0.2) is 12.1 Å². The van der Waals surface area contributed by atoms with Gasteiger partial charge in [0.2, 0.25) is 0 Å². The lowest BCUT2D eigenvalue weighted by molar-refractivity contribution is -0.309. The van der Waals surface area contributed by atoms with E-state index in [-0.39, 0.29) is 28.8 Å². The Kier molecular flexibility index (Phi) is 3.41. The molecule has 7 heteroatoms. The molecule has 2 aliphatic carbocycles. The van der Waals surface area contributed by atoms with Gasteiger partial charge in [-0.05, 0) is 63.8 Å². The van der Waals surface area contributed by atoms with Crippen molar-refractivity contribution in [3.63, 3.8) is 0 Å². The molecule has 2 saturated heterocycles. The van der Waals surface area contributed by atoms with Gasteiger partial charge in [0.05, 0.1) is 35.8 Å². The van der Waals surface area contributed by atoms with E-state index in [4.69, 9.17) is 23.4 Å². The molecule has 0 radical (unpaired) electrons. The van der Waals surface area contributed by atoms with Crippen LogP contribution in [-0.4, -0.2) is 40.5 Å². The number of carbonyl (C=O) groups excluding carboxylic acids is 1. The first-order valence-electron chi connectivity index (χ1n) is 11.5. The lowest BCUT2D eigenvalue weighted by Crippen LogP contribution is -2.48. The largest absolute Gasteiger partial charge is 0.472 e. The molecule has 7 rings (SSSR count). The molecule has 4 aliphatic heterocycles. The molecule has 8 atom stereocenters. The van der Waals surface area contributed by atoms with Crippen molar-refractivity contribution in [2.75, 3.05) is 0 Å². The molecule has 2 spiro atoms. The fourth-order valence-electron chi connectivity index (χ4n) is 7.76. The predicted molar refractivity (Wildman–Crippen MR) is 110 cm³/mol. The first-order chi connectivity index (χ1) is 15.1. The van der Waals surface area contributed by atoms with Crippen molar-refractivity contribution in [1.29, 1.82) is 0 Å². The second-order valence-electron chi connectivity index (χ2n) is 11.2. The predicted octanol–water partition coefficient (Wildman–Crippen LogP) is 3.55. The van der Waals surface area contributed by atoms with Crippen LogP contribution >= 0.6 is 0 Å². The third-order valence-corrected chi connectivity index (χ3v) is 9.11. The van der Waals surface area contributed by atoms with Gasteiger partial charge in [-0.1, -0.05) is 0 Å². The maximum absolute atomic E-state index is 11.9. The number of hydrogen-bond donors (Lipinski definition) is 1. The highest BCUT2D eigenvalue weighted by molar-refractivity contribution is 5.85. The Balaban J connectivity index is 1.29. The van der Waals surface area contributed by atoms with Crippen molar-refractivity contribution < 1.29 is 33.3 Å². The first kappa shape index (κ1) is 19.5. The molecule has 0 bridgehead atoms. The van der Waals surface area contributed by atoms with Crippen LogP contribution in [0.2, 0.25) is 0 Å². The van der Waals surface area contributed by atoms with E-state index in [0.717, 1.165) is 24.0 Å². The summed E-state index contributed by atoms with van der Waals surface area (Å²) >= 11 is 0. The Hall–Kier alpha value is -1.93. The molecule has 2 saturated carbocycles. The van der Waals surface area contributed by atoms with Crippen LogP contribution in [0.3, 0.4) is 0 Å². The summed E-state index contributed by atoms with van der Waals surface area (Å²) in [5, 5.41) is 11.1. The minimum atomic E-state index is -1.04. The van der Waals surface area contributed by atoms with Gasteiger partial charge >= 0.3 is 5.97 Å². The summed E-state index contributed by atoms with van der Waals surface area (Å²) in [5.41, 5.74) is 0.238. The highest BCUT2D eigenvalue weighted by atomic mass is 16.8. The lowest BCUT2D eigenvalue weighted by Gasteiger charge is -2.43. The van der Waals surface area contributed by atoms with E-state index in [0.29, 0.717) is 12.8 Å². The molecule has 1 aromatic heterocycles. The molecule has 7 nitrogen and oxygen atoms in total. The summed E-state index contributed by atoms with van der Waals surface area (Å²) in [6, 6.07) is 1.96. The third-order valence-electron chi connectivity index (χ3n) is 9.11. The van der Waals surface area contributed by atoms with E-state index < -0.39 is 29.4 Å². The summed E-state index contributed by atoms with van der Waals surface area (Å²) in [5.74, 6) is -1.50. The fourth-order valence-corrected chi connectivity index (χ4v) is 7.76. The second-order valence-corrected chi connectivity index (χ2v) is 11.2. The van der Waals surface area contributed by atoms with Crippen LogP contribution in [0.4, 0.5) is 0 Å². The summed E-state index contributed by atoms with van der Waals surface area (Å²) in [7, 11) is 0. The number of hydrogen-bond acceptors (Lipinski definition) is 7. The molecule has 6 aliphatic rings. The van der Waals surface area contributed by atoms with Crippen molar-refractivity contribution in [3.05, 3.63) is 48.0 Å². The van der Waals surface area contributed by atoms with Crippen molar-refractivity contribution in [2.45, 2.75) is 81.9 Å². The minimum absolute atomic E-state index is 0.0720. The highest BCUT2D eigenvalue weighted by Gasteiger charge is 2.85. The quantitative estimate of drug-likeness (QED) is 0.556. The molecular formula is C25H28O7. The summed E-state index contributed by atoms with van der Waals surface area (Å²) in [6.45, 7) is 5.93. The molecule has 170 valence electrons. The van der Waals surface area contributed by atoms with E-state index in [1.807, 2.05) is 39.0 Å². The summed E-state index contributed by atoms with van der Waals surface area (Å²) in [4.78, 5) is 11.9. The zero-order chi connectivity index (χ0) is 22.1. The Bertz CT molecular complexity index is 1070. The van der Waals surface area contributed by atoms with Crippen molar-refractivity contribution >= 4 is 5.97 Å². The highest BCUT2D eigenvalue weighted by Crippen LogP contribution is 2.85. The van der Waals surface area contributed by atoms with Gasteiger partial charge in [0, 0.05) is 29.4 Å². The van der Waals surface area contributed by atoms with E-state index in [9.17, 15) is 9.90 Å². The fraction of sp³-hybridized carbons (Fsp3) is 0.640. The Morgan fingerprint density at radius 3 is 2.78 bits per heavy atom. The maximum Gasteiger partial charge on any atom is 0.331 e. The summed E-state index contributed by atoms with van der Waals surface area (Å²) in [6.07, 6.45) is 10.6. The average molecular weight is 440 g/mol. The van der Waals surface area contributed by atoms with Gasteiger partial charge in [-0.3, -0.25) is 0 Å². The van der Waals surface area contributed by atoms with Crippen LogP contribution in [0, 0.1) is 16.7 Å². The molecule has 0 amide bonds. The number of furan rings is 1. The minimum Gasteiger partial charge on any atom is -0.472 e. The van der Waals surface area contributed by atoms with Crippen LogP contribution in [0.15, 0.2) is 46.8 Å². The van der Waals surface area contributed by atoms with Gasteiger partial charge in [-0.15, -0.1) is 0 Å². The molecule has 5 heterocycles. The first-order valence-corrected chi connectivity index (χ1v) is 11.5. The molecule has 32 heavy (non-hydrogen) atoms. The van der Waals surface area contributed by atoms with E-state index in [1.165, 1.54) is 6.08 Å². The number of ether oxygens (including phenoxy) is 4. The van der Waals surface area contributed by atoms with Crippen LogP contribution in [0.25, 0.3) is 0 Å². The van der Waals surface area contributed by atoms with Crippen molar-refractivity contribution in [1.82, 2.24) is 0 Å². The van der Waals surface area contributed by atoms with Crippen molar-refractivity contribution in [3.8, 4) is 0 Å². The molecule has 1 N–H and O–H groups in total. The monoisotopic (exact) mass is 440 g/mol. The number of carbonyl (C=O) groups is 1. The Morgan fingerprint density at radius 1 is 1.22 bits per heavy atom. The van der Waals surface area contributed by atoms with Crippen LogP contribution in [0.1, 0.15) is 58.1 Å². The van der Waals surface area contributed by atoms with Crippen molar-refractivity contribution in [2.24, 2.45) is 16.7 Å². The lowest BCUT2D eigenvalue weighted by atomic mass is 9.70. The smallest absolute Gasteiger partial charge is 0.331 e. The number of cyclic esters (lactones) is 1. The average Bonchev–Trinajstić information content (AvgIpc) is 3.13. The number of esters is 1. The Labute approximate surface area is 186 Å². The van der Waals surface area contributed by atoms with Gasteiger partial charge < -0.3 is 28.5 Å². The van der Waals surface area contributed by atoms with E-state index in [1.54, 1.807) is 12.5 Å². The van der Waals surface area contributed by atoms with Gasteiger partial charge in [-0.25, -0.2) is 4.79 Å². The van der Waals surface area contributed by atoms with Gasteiger partial charge in [-0.2, -0.15) is 0 Å². The van der Waals surface area contributed by atoms with Crippen LogP contribution < -0.4 is 0 Å². The maximum atomic E-state index is 11.9. The molecule has 4 fully saturated rings. The number of aliphatic hydroxyl groups excluding tert-OH is 1. The number of rotatable bonds is 2. The Morgan fingerprint density at radius 2 is 2.06 bits per heavy atom. The normalized spacial score (nSPS) is 52.0. The zero-order valence-corrected chi connectivity index (χ0v) is 18.5. The molecule has 0 aromatic carbocycles. The second kappa shape index (κ2) is 5.58. The van der Waals surface area contributed by atoms with Gasteiger partial charge in [0.25, 0.3) is 0 Å². The third kappa shape index (κ3) is 2.14. The van der Waals surface area contributed by atoms with Crippen LogP contribution in [-0.2, 0) is 23.7 Å².